The van der Waals surface area contributed by atoms with Gasteiger partial charge in [-0.1, -0.05) is 48.5 Å². The molecule has 0 spiro atoms. The van der Waals surface area contributed by atoms with Crippen molar-refractivity contribution in [3.63, 3.8) is 0 Å². The number of ketones is 1. The lowest BCUT2D eigenvalue weighted by Gasteiger charge is -2.32. The number of amides is 1. The first kappa shape index (κ1) is 37.5. The van der Waals surface area contributed by atoms with Gasteiger partial charge in [0.15, 0.2) is 5.78 Å². The van der Waals surface area contributed by atoms with Crippen LogP contribution in [0.3, 0.4) is 0 Å². The molecule has 1 amide bonds. The molecule has 10 nitrogen and oxygen atoms in total. The van der Waals surface area contributed by atoms with E-state index >= 15 is 0 Å². The Balaban J connectivity index is 0.000000574. The summed E-state index contributed by atoms with van der Waals surface area (Å²) in [5, 5.41) is 22.8. The predicted octanol–water partition coefficient (Wildman–Crippen LogP) is 4.12. The zero-order chi connectivity index (χ0) is 33.5. The average Bonchev–Trinajstić information content (AvgIpc) is 2.96. The number of allylic oxidation sites excluding steroid dienone is 1. The lowest BCUT2D eigenvalue weighted by Crippen LogP contribution is -2.44. The van der Waals surface area contributed by atoms with Gasteiger partial charge in [0, 0.05) is 44.4 Å². The average molecular weight is 634 g/mol. The van der Waals surface area contributed by atoms with E-state index in [2.05, 4.69) is 16.8 Å². The number of benzene rings is 2. The van der Waals surface area contributed by atoms with Crippen LogP contribution in [0, 0.1) is 0 Å². The van der Waals surface area contributed by atoms with Crippen LogP contribution in [0.4, 0.5) is 26.3 Å². The molecule has 1 fully saturated rings. The number of hydroxylamine groups is 1. The summed E-state index contributed by atoms with van der Waals surface area (Å²) >= 11 is 0. The van der Waals surface area contributed by atoms with Crippen molar-refractivity contribution in [1.29, 1.82) is 0 Å². The molecular formula is C28H29F6N3O7. The maximum Gasteiger partial charge on any atom is 0.490 e. The van der Waals surface area contributed by atoms with Gasteiger partial charge in [-0.3, -0.25) is 19.7 Å². The molecule has 2 aromatic carbocycles. The first-order chi connectivity index (χ1) is 20.4. The molecule has 0 radical (unpaired) electrons. The molecule has 0 unspecified atom stereocenters. The molecule has 0 bridgehead atoms. The highest BCUT2D eigenvalue weighted by Gasteiger charge is 2.38. The lowest BCUT2D eigenvalue weighted by molar-refractivity contribution is -0.193. The highest BCUT2D eigenvalue weighted by molar-refractivity contribution is 6.07. The van der Waals surface area contributed by atoms with E-state index in [1.165, 1.54) is 6.08 Å². The first-order valence-electron chi connectivity index (χ1n) is 12.5. The van der Waals surface area contributed by atoms with Crippen molar-refractivity contribution in [3.8, 4) is 0 Å². The minimum atomic E-state index is -5.08. The second-order valence-corrected chi connectivity index (χ2v) is 9.02. The Morgan fingerprint density at radius 3 is 1.75 bits per heavy atom. The van der Waals surface area contributed by atoms with Crippen LogP contribution in [0.15, 0.2) is 60.7 Å². The Kier molecular flexibility index (Phi) is 14.9. The summed E-state index contributed by atoms with van der Waals surface area (Å²) in [4.78, 5) is 46.5. The van der Waals surface area contributed by atoms with Crippen LogP contribution in [-0.4, -0.2) is 94.4 Å². The third-order valence-electron chi connectivity index (χ3n) is 5.63. The van der Waals surface area contributed by atoms with E-state index in [0.29, 0.717) is 0 Å². The Hall–Kier alpha value is -4.54. The van der Waals surface area contributed by atoms with Crippen molar-refractivity contribution in [2.75, 3.05) is 33.2 Å². The second-order valence-electron chi connectivity index (χ2n) is 9.02. The molecular weight excluding hydrogens is 604 g/mol. The van der Waals surface area contributed by atoms with Crippen LogP contribution in [0.5, 0.6) is 0 Å². The molecule has 16 heteroatoms. The van der Waals surface area contributed by atoms with E-state index in [1.54, 1.807) is 23.7 Å². The number of hydrogen-bond acceptors (Lipinski definition) is 7. The van der Waals surface area contributed by atoms with Crippen LogP contribution in [0.2, 0.25) is 0 Å². The summed E-state index contributed by atoms with van der Waals surface area (Å²) in [5.74, 6) is -6.14. The highest BCUT2D eigenvalue weighted by Crippen LogP contribution is 2.16. The fourth-order valence-electron chi connectivity index (χ4n) is 3.38. The Morgan fingerprint density at radius 1 is 0.795 bits per heavy atom. The Bertz CT molecular complexity index is 1310. The van der Waals surface area contributed by atoms with Gasteiger partial charge in [-0.05, 0) is 42.0 Å². The number of carbonyl (C=O) groups is 4. The maximum atomic E-state index is 12.9. The number of carboxylic acids is 2. The third-order valence-corrected chi connectivity index (χ3v) is 5.63. The maximum absolute atomic E-state index is 12.9. The zero-order valence-corrected chi connectivity index (χ0v) is 23.1. The SMILES string of the molecule is CN1CCN(Cc2ccccc2C(=O)/C=C/c2cccc(/C=C/C(=O)NO)c2)CC1.O=C(O)C(F)(F)F.O=C(O)C(F)(F)F. The molecule has 1 heterocycles. The molecule has 0 atom stereocenters. The van der Waals surface area contributed by atoms with Gasteiger partial charge in [0.1, 0.15) is 0 Å². The number of carbonyl (C=O) groups excluding carboxylic acids is 2. The fraction of sp³-hybridized carbons (Fsp3) is 0.286. The number of nitrogens with one attached hydrogen (secondary N) is 1. The fourth-order valence-corrected chi connectivity index (χ4v) is 3.38. The number of nitrogens with zero attached hydrogens (tertiary/aromatic N) is 2. The molecule has 1 aliphatic rings. The minimum Gasteiger partial charge on any atom is -0.475 e. The zero-order valence-electron chi connectivity index (χ0n) is 23.1. The number of halogens is 6. The van der Waals surface area contributed by atoms with Gasteiger partial charge in [0.25, 0.3) is 5.91 Å². The van der Waals surface area contributed by atoms with E-state index < -0.39 is 30.2 Å². The van der Waals surface area contributed by atoms with Gasteiger partial charge in [0.05, 0.1) is 0 Å². The topological polar surface area (TPSA) is 147 Å². The molecule has 0 aliphatic carbocycles. The van der Waals surface area contributed by atoms with Crippen LogP contribution in [0.25, 0.3) is 12.2 Å². The summed E-state index contributed by atoms with van der Waals surface area (Å²) < 4.78 is 63.5. The van der Waals surface area contributed by atoms with Crippen LogP contribution in [-0.2, 0) is 20.9 Å². The molecule has 4 N–H and O–H groups in total. The molecule has 240 valence electrons. The highest BCUT2D eigenvalue weighted by atomic mass is 19.4. The van der Waals surface area contributed by atoms with Crippen molar-refractivity contribution >= 4 is 35.8 Å². The normalized spacial score (nSPS) is 14.3. The van der Waals surface area contributed by atoms with E-state index in [1.807, 2.05) is 48.5 Å². The standard InChI is InChI=1S/C24H27N3O3.2C2HF3O2/c1-26-13-15-27(16-14-26)18-21-7-2-3-8-22(21)23(28)11-9-19-5-4-6-20(17-19)10-12-24(29)25-30;2*3-2(4,5)1(6)7/h2-12,17,30H,13-16,18H2,1H3,(H,25,29);2*(H,6,7)/b11-9+,12-10+;;. The van der Waals surface area contributed by atoms with Crippen LogP contribution in [0.1, 0.15) is 27.0 Å². The molecule has 3 rings (SSSR count). The molecule has 2 aromatic rings. The summed E-state index contributed by atoms with van der Waals surface area (Å²) in [6.07, 6.45) is -3.97. The van der Waals surface area contributed by atoms with E-state index in [9.17, 15) is 35.9 Å². The van der Waals surface area contributed by atoms with Gasteiger partial charge < -0.3 is 15.1 Å². The van der Waals surface area contributed by atoms with Crippen molar-refractivity contribution in [1.82, 2.24) is 15.3 Å². The van der Waals surface area contributed by atoms with Crippen molar-refractivity contribution in [3.05, 3.63) is 82.9 Å². The number of piperazine rings is 1. The van der Waals surface area contributed by atoms with Gasteiger partial charge in [0.2, 0.25) is 0 Å². The Morgan fingerprint density at radius 2 is 1.27 bits per heavy atom. The van der Waals surface area contributed by atoms with Crippen LogP contribution < -0.4 is 5.48 Å². The largest absolute Gasteiger partial charge is 0.490 e. The molecule has 1 saturated heterocycles. The molecule has 44 heavy (non-hydrogen) atoms. The Labute approximate surface area is 247 Å². The molecule has 0 aromatic heterocycles. The predicted molar refractivity (Wildman–Crippen MR) is 145 cm³/mol. The van der Waals surface area contributed by atoms with Gasteiger partial charge in [-0.25, -0.2) is 15.1 Å². The summed E-state index contributed by atoms with van der Waals surface area (Å²) in [6, 6.07) is 15.2. The van der Waals surface area contributed by atoms with E-state index in [4.69, 9.17) is 25.0 Å². The monoisotopic (exact) mass is 633 g/mol. The number of hydrogen-bond donors (Lipinski definition) is 4. The quantitative estimate of drug-likeness (QED) is 0.116. The number of alkyl halides is 6. The number of likely N-dealkylation sites (N-methyl/N-ethyl adjacent to an activating group) is 1. The third kappa shape index (κ3) is 14.6. The van der Waals surface area contributed by atoms with E-state index in [0.717, 1.165) is 55.0 Å². The van der Waals surface area contributed by atoms with Crippen molar-refractivity contribution < 1.29 is 60.9 Å². The number of rotatable bonds is 7. The minimum absolute atomic E-state index is 0.0275. The molecule has 1 aliphatic heterocycles. The summed E-state index contributed by atoms with van der Waals surface area (Å²) in [6.45, 7) is 4.87. The summed E-state index contributed by atoms with van der Waals surface area (Å²) in [5.41, 5.74) is 4.97. The lowest BCUT2D eigenvalue weighted by atomic mass is 10.0. The first-order valence-corrected chi connectivity index (χ1v) is 12.5. The number of carboxylic acid groups (broad SMARTS) is 2. The van der Waals surface area contributed by atoms with Crippen LogP contribution >= 0.6 is 0 Å². The van der Waals surface area contributed by atoms with Gasteiger partial charge >= 0.3 is 24.3 Å². The van der Waals surface area contributed by atoms with Gasteiger partial charge in [-0.15, -0.1) is 0 Å². The second kappa shape index (κ2) is 17.5. The molecule has 0 saturated carbocycles. The summed E-state index contributed by atoms with van der Waals surface area (Å²) in [7, 11) is 2.13. The van der Waals surface area contributed by atoms with Gasteiger partial charge in [-0.2, -0.15) is 26.3 Å². The van der Waals surface area contributed by atoms with Crippen molar-refractivity contribution in [2.45, 2.75) is 18.9 Å². The smallest absolute Gasteiger partial charge is 0.475 e. The van der Waals surface area contributed by atoms with Crippen molar-refractivity contribution in [2.24, 2.45) is 0 Å². The number of aliphatic carboxylic acids is 2. The van der Waals surface area contributed by atoms with E-state index in [-0.39, 0.29) is 5.78 Å².